The Morgan fingerprint density at radius 1 is 1.29 bits per heavy atom. The van der Waals surface area contributed by atoms with Crippen molar-refractivity contribution in [3.05, 3.63) is 41.5 Å². The second-order valence-electron chi connectivity index (χ2n) is 7.07. The molecule has 0 saturated heterocycles. The summed E-state index contributed by atoms with van der Waals surface area (Å²) in [5.41, 5.74) is 4.04. The first-order valence-corrected chi connectivity index (χ1v) is 7.78. The van der Waals surface area contributed by atoms with Gasteiger partial charge in [0, 0.05) is 25.2 Å². The lowest BCUT2D eigenvalue weighted by atomic mass is 9.83. The van der Waals surface area contributed by atoms with Gasteiger partial charge in [0.1, 0.15) is 6.04 Å². The van der Waals surface area contributed by atoms with Crippen molar-refractivity contribution >= 4 is 11.6 Å². The SMILES string of the molecule is CC(C)(C)C1=CCN(C(=O)C2Cc3ccccc3N2)CC1. The number of para-hydroxylation sites is 1. The second kappa shape index (κ2) is 5.21. The van der Waals surface area contributed by atoms with Crippen molar-refractivity contribution in [3.63, 3.8) is 0 Å². The number of benzene rings is 1. The van der Waals surface area contributed by atoms with Gasteiger partial charge >= 0.3 is 0 Å². The summed E-state index contributed by atoms with van der Waals surface area (Å²) >= 11 is 0. The van der Waals surface area contributed by atoms with Crippen molar-refractivity contribution in [1.82, 2.24) is 4.90 Å². The Balaban J connectivity index is 1.65. The van der Waals surface area contributed by atoms with E-state index in [1.165, 1.54) is 11.1 Å². The van der Waals surface area contributed by atoms with Gasteiger partial charge in [-0.1, -0.05) is 50.6 Å². The standard InChI is InChI=1S/C18H24N2O/c1-18(2,3)14-8-10-20(11-9-14)17(21)16-12-13-6-4-5-7-15(13)19-16/h4-8,16,19H,9-12H2,1-3H3. The average molecular weight is 284 g/mol. The van der Waals surface area contributed by atoms with Crippen LogP contribution in [0.25, 0.3) is 0 Å². The summed E-state index contributed by atoms with van der Waals surface area (Å²) in [6.45, 7) is 8.32. The molecule has 1 atom stereocenters. The fourth-order valence-corrected chi connectivity index (χ4v) is 3.22. The number of anilines is 1. The summed E-state index contributed by atoms with van der Waals surface area (Å²) < 4.78 is 0. The van der Waals surface area contributed by atoms with Crippen LogP contribution in [0.5, 0.6) is 0 Å². The molecule has 1 aromatic rings. The monoisotopic (exact) mass is 284 g/mol. The van der Waals surface area contributed by atoms with Gasteiger partial charge in [-0.2, -0.15) is 0 Å². The molecule has 0 saturated carbocycles. The Bertz CT molecular complexity index is 558. The Morgan fingerprint density at radius 3 is 2.67 bits per heavy atom. The summed E-state index contributed by atoms with van der Waals surface area (Å²) in [4.78, 5) is 14.6. The Kier molecular flexibility index (Phi) is 3.52. The molecule has 1 N–H and O–H groups in total. The van der Waals surface area contributed by atoms with Crippen LogP contribution >= 0.6 is 0 Å². The topological polar surface area (TPSA) is 32.3 Å². The molecule has 2 aliphatic rings. The van der Waals surface area contributed by atoms with Crippen molar-refractivity contribution < 1.29 is 4.79 Å². The first kappa shape index (κ1) is 14.2. The molecule has 1 amide bonds. The van der Waals surface area contributed by atoms with Crippen molar-refractivity contribution in [2.24, 2.45) is 5.41 Å². The molecule has 0 fully saturated rings. The summed E-state index contributed by atoms with van der Waals surface area (Å²) in [7, 11) is 0. The van der Waals surface area contributed by atoms with Gasteiger partial charge in [0.25, 0.3) is 0 Å². The Hall–Kier alpha value is -1.77. The third-order valence-corrected chi connectivity index (χ3v) is 4.55. The van der Waals surface area contributed by atoms with Crippen LogP contribution in [-0.4, -0.2) is 29.9 Å². The van der Waals surface area contributed by atoms with Gasteiger partial charge in [-0.05, 0) is 23.5 Å². The predicted octanol–water partition coefficient (Wildman–Crippen LogP) is 3.23. The van der Waals surface area contributed by atoms with E-state index >= 15 is 0 Å². The average Bonchev–Trinajstić information content (AvgIpc) is 2.89. The van der Waals surface area contributed by atoms with Gasteiger partial charge in [-0.25, -0.2) is 0 Å². The van der Waals surface area contributed by atoms with Crippen LogP contribution in [-0.2, 0) is 11.2 Å². The normalized spacial score (nSPS) is 21.6. The number of hydrogen-bond donors (Lipinski definition) is 1. The maximum atomic E-state index is 12.7. The van der Waals surface area contributed by atoms with E-state index in [4.69, 9.17) is 0 Å². The van der Waals surface area contributed by atoms with Crippen LogP contribution in [0.1, 0.15) is 32.8 Å². The van der Waals surface area contributed by atoms with E-state index in [1.54, 1.807) is 0 Å². The third-order valence-electron chi connectivity index (χ3n) is 4.55. The van der Waals surface area contributed by atoms with Crippen molar-refractivity contribution in [2.75, 3.05) is 18.4 Å². The van der Waals surface area contributed by atoms with E-state index in [9.17, 15) is 4.79 Å². The minimum absolute atomic E-state index is 0.0908. The first-order chi connectivity index (χ1) is 9.95. The molecule has 2 aliphatic heterocycles. The highest BCUT2D eigenvalue weighted by molar-refractivity contribution is 5.87. The zero-order valence-electron chi connectivity index (χ0n) is 13.1. The van der Waals surface area contributed by atoms with Gasteiger partial charge in [0.2, 0.25) is 5.91 Å². The summed E-state index contributed by atoms with van der Waals surface area (Å²) in [5.74, 6) is 0.232. The van der Waals surface area contributed by atoms with E-state index in [0.29, 0.717) is 0 Å². The molecule has 1 aromatic carbocycles. The number of nitrogens with one attached hydrogen (secondary N) is 1. The van der Waals surface area contributed by atoms with Crippen LogP contribution in [0.3, 0.4) is 0 Å². The third kappa shape index (κ3) is 2.82. The van der Waals surface area contributed by atoms with Crippen LogP contribution in [0.2, 0.25) is 0 Å². The molecule has 1 unspecified atom stereocenters. The molecule has 3 rings (SSSR count). The highest BCUT2D eigenvalue weighted by Crippen LogP contribution is 2.31. The van der Waals surface area contributed by atoms with Crippen LogP contribution < -0.4 is 5.32 Å². The lowest BCUT2D eigenvalue weighted by molar-refractivity contribution is -0.131. The number of carbonyl (C=O) groups is 1. The van der Waals surface area contributed by atoms with Crippen LogP contribution in [0.4, 0.5) is 5.69 Å². The Morgan fingerprint density at radius 2 is 2.05 bits per heavy atom. The van der Waals surface area contributed by atoms with Gasteiger partial charge in [0.15, 0.2) is 0 Å². The fraction of sp³-hybridized carbons (Fsp3) is 0.500. The number of carbonyl (C=O) groups excluding carboxylic acids is 1. The van der Waals surface area contributed by atoms with Crippen molar-refractivity contribution in [1.29, 1.82) is 0 Å². The van der Waals surface area contributed by atoms with Crippen molar-refractivity contribution in [2.45, 2.75) is 39.7 Å². The smallest absolute Gasteiger partial charge is 0.245 e. The highest BCUT2D eigenvalue weighted by atomic mass is 16.2. The van der Waals surface area contributed by atoms with Gasteiger partial charge in [-0.3, -0.25) is 4.79 Å². The molecular weight excluding hydrogens is 260 g/mol. The maximum absolute atomic E-state index is 12.7. The number of amides is 1. The van der Waals surface area contributed by atoms with Gasteiger partial charge in [-0.15, -0.1) is 0 Å². The largest absolute Gasteiger partial charge is 0.373 e. The maximum Gasteiger partial charge on any atom is 0.245 e. The van der Waals surface area contributed by atoms with Gasteiger partial charge in [0.05, 0.1) is 0 Å². The molecule has 3 nitrogen and oxygen atoms in total. The zero-order valence-corrected chi connectivity index (χ0v) is 13.1. The molecular formula is C18H24N2O. The van der Waals surface area contributed by atoms with Gasteiger partial charge < -0.3 is 10.2 Å². The number of nitrogens with zero attached hydrogens (tertiary/aromatic N) is 1. The highest BCUT2D eigenvalue weighted by Gasteiger charge is 2.31. The van der Waals surface area contributed by atoms with Crippen molar-refractivity contribution in [3.8, 4) is 0 Å². The quantitative estimate of drug-likeness (QED) is 0.803. The van der Waals surface area contributed by atoms with E-state index in [1.807, 2.05) is 17.0 Å². The lowest BCUT2D eigenvalue weighted by Gasteiger charge is -2.33. The molecule has 0 aromatic heterocycles. The fourth-order valence-electron chi connectivity index (χ4n) is 3.22. The molecule has 2 heterocycles. The number of rotatable bonds is 1. The van der Waals surface area contributed by atoms with Crippen LogP contribution in [0, 0.1) is 5.41 Å². The summed E-state index contributed by atoms with van der Waals surface area (Å²) in [6, 6.07) is 8.11. The lowest BCUT2D eigenvalue weighted by Crippen LogP contribution is -2.44. The Labute approximate surface area is 127 Å². The molecule has 112 valence electrons. The summed E-state index contributed by atoms with van der Waals surface area (Å²) in [5, 5.41) is 3.36. The molecule has 3 heteroatoms. The molecule has 0 bridgehead atoms. The minimum Gasteiger partial charge on any atom is -0.373 e. The molecule has 21 heavy (non-hydrogen) atoms. The number of hydrogen-bond acceptors (Lipinski definition) is 2. The zero-order chi connectivity index (χ0) is 15.0. The summed E-state index contributed by atoms with van der Waals surface area (Å²) in [6.07, 6.45) is 4.04. The van der Waals surface area contributed by atoms with E-state index < -0.39 is 0 Å². The van der Waals surface area contributed by atoms with E-state index in [2.05, 4.69) is 44.3 Å². The molecule has 0 radical (unpaired) electrons. The molecule has 0 aliphatic carbocycles. The second-order valence-corrected chi connectivity index (χ2v) is 7.07. The van der Waals surface area contributed by atoms with Crippen LogP contribution in [0.15, 0.2) is 35.9 Å². The minimum atomic E-state index is -0.0908. The number of fused-ring (bicyclic) bond motifs is 1. The predicted molar refractivity (Wildman–Crippen MR) is 86.3 cm³/mol. The van der Waals surface area contributed by atoms with E-state index in [-0.39, 0.29) is 17.4 Å². The first-order valence-electron chi connectivity index (χ1n) is 7.78. The molecule has 0 spiro atoms. The van der Waals surface area contributed by atoms with E-state index in [0.717, 1.165) is 31.6 Å².